The molecule has 1 unspecified atom stereocenters. The molecule has 1 heterocycles. The van der Waals surface area contributed by atoms with Gasteiger partial charge in [-0.2, -0.15) is 0 Å². The number of amides is 1. The van der Waals surface area contributed by atoms with Crippen LogP contribution in [0.25, 0.3) is 0 Å². The molecule has 3 heteroatoms. The van der Waals surface area contributed by atoms with E-state index >= 15 is 0 Å². The van der Waals surface area contributed by atoms with E-state index < -0.39 is 0 Å². The van der Waals surface area contributed by atoms with Crippen molar-refractivity contribution in [1.82, 2.24) is 4.90 Å². The van der Waals surface area contributed by atoms with Crippen molar-refractivity contribution in [2.24, 2.45) is 0 Å². The molecule has 18 heavy (non-hydrogen) atoms. The second kappa shape index (κ2) is 4.92. The minimum absolute atomic E-state index is 0.111. The molecule has 0 N–H and O–H groups in total. The Morgan fingerprint density at radius 2 is 2.06 bits per heavy atom. The quantitative estimate of drug-likeness (QED) is 0.765. The Kier molecular flexibility index (Phi) is 3.50. The van der Waals surface area contributed by atoms with Gasteiger partial charge in [0, 0.05) is 24.6 Å². The summed E-state index contributed by atoms with van der Waals surface area (Å²) >= 11 is 0. The van der Waals surface area contributed by atoms with Crippen LogP contribution in [0.4, 0.5) is 0 Å². The van der Waals surface area contributed by atoms with Crippen molar-refractivity contribution in [1.29, 1.82) is 0 Å². The van der Waals surface area contributed by atoms with Crippen LogP contribution in [-0.4, -0.2) is 23.1 Å². The number of benzene rings is 1. The Balaban J connectivity index is 2.30. The van der Waals surface area contributed by atoms with Gasteiger partial charge in [-0.25, -0.2) is 0 Å². The van der Waals surface area contributed by atoms with E-state index in [1.165, 1.54) is 0 Å². The lowest BCUT2D eigenvalue weighted by Gasteiger charge is -2.19. The van der Waals surface area contributed by atoms with Crippen LogP contribution in [0.5, 0.6) is 0 Å². The highest BCUT2D eigenvalue weighted by Crippen LogP contribution is 2.28. The van der Waals surface area contributed by atoms with Crippen LogP contribution >= 0.6 is 0 Å². The summed E-state index contributed by atoms with van der Waals surface area (Å²) in [6, 6.07) is 6.23. The number of aldehydes is 1. The Morgan fingerprint density at radius 1 is 1.33 bits per heavy atom. The normalized spacial score (nSPS) is 16.0. The number of carbonyl (C=O) groups is 2. The third kappa shape index (κ3) is 2.17. The molecule has 1 aliphatic rings. The van der Waals surface area contributed by atoms with Crippen molar-refractivity contribution >= 4 is 12.2 Å². The maximum atomic E-state index is 12.2. The number of carbonyl (C=O) groups excluding carboxylic acids is 2. The molecule has 3 nitrogen and oxygen atoms in total. The SMILES string of the molecule is CC(CC=O)c1ccc2c(c1)C(=O)N(C(C)C)C2. The van der Waals surface area contributed by atoms with Crippen molar-refractivity contribution < 1.29 is 9.59 Å². The first-order valence-electron chi connectivity index (χ1n) is 6.42. The predicted molar refractivity (Wildman–Crippen MR) is 70.5 cm³/mol. The molecule has 0 aliphatic carbocycles. The molecule has 0 saturated carbocycles. The first-order chi connectivity index (χ1) is 8.54. The summed E-state index contributed by atoms with van der Waals surface area (Å²) in [5, 5.41) is 0. The second-order valence-electron chi connectivity index (χ2n) is 5.25. The Bertz CT molecular complexity index is 479. The van der Waals surface area contributed by atoms with Gasteiger partial charge in [-0.3, -0.25) is 4.79 Å². The predicted octanol–water partition coefficient (Wildman–Crippen LogP) is 2.74. The fourth-order valence-electron chi connectivity index (χ4n) is 2.35. The van der Waals surface area contributed by atoms with Gasteiger partial charge in [0.25, 0.3) is 5.91 Å². The lowest BCUT2D eigenvalue weighted by atomic mass is 9.95. The summed E-state index contributed by atoms with van der Waals surface area (Å²) in [6.45, 7) is 6.77. The number of fused-ring (bicyclic) bond motifs is 1. The number of hydrogen-bond donors (Lipinski definition) is 0. The standard InChI is InChI=1S/C15H19NO2/c1-10(2)16-9-13-5-4-12(11(3)6-7-17)8-14(13)15(16)18/h4-5,7-8,10-11H,6,9H2,1-3H3. The molecule has 0 radical (unpaired) electrons. The van der Waals surface area contributed by atoms with Gasteiger partial charge in [0.05, 0.1) is 0 Å². The first-order valence-corrected chi connectivity index (χ1v) is 6.42. The van der Waals surface area contributed by atoms with Gasteiger partial charge in [0.15, 0.2) is 0 Å². The van der Waals surface area contributed by atoms with Gasteiger partial charge in [-0.15, -0.1) is 0 Å². The van der Waals surface area contributed by atoms with Crippen LogP contribution in [0.1, 0.15) is 54.6 Å². The Morgan fingerprint density at radius 3 is 2.67 bits per heavy atom. The van der Waals surface area contributed by atoms with Crippen LogP contribution < -0.4 is 0 Å². The Labute approximate surface area is 108 Å². The van der Waals surface area contributed by atoms with E-state index in [1.54, 1.807) is 0 Å². The molecule has 2 rings (SSSR count). The maximum absolute atomic E-state index is 12.2. The topological polar surface area (TPSA) is 37.4 Å². The molecule has 0 aromatic heterocycles. The molecular formula is C15H19NO2. The van der Waals surface area contributed by atoms with E-state index in [4.69, 9.17) is 0 Å². The third-order valence-electron chi connectivity index (χ3n) is 3.61. The fourth-order valence-corrected chi connectivity index (χ4v) is 2.35. The molecule has 1 aliphatic heterocycles. The summed E-state index contributed by atoms with van der Waals surface area (Å²) in [4.78, 5) is 24.7. The van der Waals surface area contributed by atoms with E-state index in [0.717, 1.165) is 23.0 Å². The maximum Gasteiger partial charge on any atom is 0.254 e. The molecule has 1 atom stereocenters. The highest BCUT2D eigenvalue weighted by molar-refractivity contribution is 5.98. The molecule has 0 spiro atoms. The minimum atomic E-state index is 0.111. The van der Waals surface area contributed by atoms with E-state index in [0.29, 0.717) is 13.0 Å². The van der Waals surface area contributed by atoms with Gasteiger partial charge in [0.1, 0.15) is 6.29 Å². The van der Waals surface area contributed by atoms with E-state index in [-0.39, 0.29) is 17.9 Å². The molecule has 0 fully saturated rings. The monoisotopic (exact) mass is 245 g/mol. The van der Waals surface area contributed by atoms with E-state index in [2.05, 4.69) is 0 Å². The highest BCUT2D eigenvalue weighted by Gasteiger charge is 2.29. The summed E-state index contributed by atoms with van der Waals surface area (Å²) in [5.41, 5.74) is 2.97. The summed E-state index contributed by atoms with van der Waals surface area (Å²) < 4.78 is 0. The second-order valence-corrected chi connectivity index (χ2v) is 5.25. The average Bonchev–Trinajstić information content (AvgIpc) is 2.67. The van der Waals surface area contributed by atoms with Gasteiger partial charge >= 0.3 is 0 Å². The first kappa shape index (κ1) is 12.8. The molecule has 1 aromatic rings. The van der Waals surface area contributed by atoms with Gasteiger partial charge < -0.3 is 9.69 Å². The summed E-state index contributed by atoms with van der Waals surface area (Å²) in [5.74, 6) is 0.286. The molecule has 96 valence electrons. The highest BCUT2D eigenvalue weighted by atomic mass is 16.2. The Hall–Kier alpha value is -1.64. The van der Waals surface area contributed by atoms with Gasteiger partial charge in [0.2, 0.25) is 0 Å². The van der Waals surface area contributed by atoms with Crippen molar-refractivity contribution in [3.05, 3.63) is 34.9 Å². The number of rotatable bonds is 4. The minimum Gasteiger partial charge on any atom is -0.332 e. The van der Waals surface area contributed by atoms with Crippen LogP contribution in [0.3, 0.4) is 0 Å². The largest absolute Gasteiger partial charge is 0.332 e. The van der Waals surface area contributed by atoms with Crippen LogP contribution in [0.2, 0.25) is 0 Å². The molecule has 1 amide bonds. The number of hydrogen-bond acceptors (Lipinski definition) is 2. The van der Waals surface area contributed by atoms with Crippen molar-refractivity contribution in [3.8, 4) is 0 Å². The zero-order valence-electron chi connectivity index (χ0n) is 11.1. The summed E-state index contributed by atoms with van der Waals surface area (Å²) in [7, 11) is 0. The van der Waals surface area contributed by atoms with Crippen molar-refractivity contribution in [3.63, 3.8) is 0 Å². The zero-order valence-corrected chi connectivity index (χ0v) is 11.1. The van der Waals surface area contributed by atoms with Crippen LogP contribution in [0, 0.1) is 0 Å². The van der Waals surface area contributed by atoms with Gasteiger partial charge in [-0.05, 0) is 37.0 Å². The molecule has 1 aromatic carbocycles. The third-order valence-corrected chi connectivity index (χ3v) is 3.61. The lowest BCUT2D eigenvalue weighted by molar-refractivity contribution is -0.108. The fraction of sp³-hybridized carbons (Fsp3) is 0.467. The van der Waals surface area contributed by atoms with Crippen molar-refractivity contribution in [2.75, 3.05) is 0 Å². The molecule has 0 bridgehead atoms. The van der Waals surface area contributed by atoms with Crippen LogP contribution in [-0.2, 0) is 11.3 Å². The number of nitrogens with zero attached hydrogens (tertiary/aromatic N) is 1. The van der Waals surface area contributed by atoms with Gasteiger partial charge in [-0.1, -0.05) is 19.1 Å². The average molecular weight is 245 g/mol. The van der Waals surface area contributed by atoms with Crippen LogP contribution in [0.15, 0.2) is 18.2 Å². The smallest absolute Gasteiger partial charge is 0.254 e. The summed E-state index contributed by atoms with van der Waals surface area (Å²) in [6.07, 6.45) is 1.43. The van der Waals surface area contributed by atoms with E-state index in [1.807, 2.05) is 43.9 Å². The van der Waals surface area contributed by atoms with E-state index in [9.17, 15) is 9.59 Å². The molecule has 0 saturated heterocycles. The zero-order chi connectivity index (χ0) is 13.3. The lowest BCUT2D eigenvalue weighted by Crippen LogP contribution is -2.30. The van der Waals surface area contributed by atoms with Crippen molar-refractivity contribution in [2.45, 2.75) is 45.7 Å². The molecular weight excluding hydrogens is 226 g/mol.